The minimum Gasteiger partial charge on any atom is -0.396 e. The Labute approximate surface area is 102 Å². The molecule has 2 rings (SSSR count). The maximum absolute atomic E-state index is 11.2. The normalized spacial score (nSPS) is 16.8. The number of nitrogens with two attached hydrogens (primary N) is 1. The van der Waals surface area contributed by atoms with E-state index in [4.69, 9.17) is 5.73 Å². The zero-order valence-electron chi connectivity index (χ0n) is 10.2. The number of carbonyl (C=O) groups is 1. The zero-order chi connectivity index (χ0) is 12.3. The van der Waals surface area contributed by atoms with Gasteiger partial charge in [0.15, 0.2) is 5.78 Å². The van der Waals surface area contributed by atoms with Gasteiger partial charge < -0.3 is 11.1 Å². The molecular weight excluding hydrogens is 214 g/mol. The highest BCUT2D eigenvalue weighted by molar-refractivity contribution is 5.95. The number of rotatable bonds is 3. The molecule has 0 atom stereocenters. The van der Waals surface area contributed by atoms with Gasteiger partial charge in [0.1, 0.15) is 5.82 Å². The first-order valence-electron chi connectivity index (χ1n) is 6.20. The minimum atomic E-state index is -0.00610. The van der Waals surface area contributed by atoms with Crippen LogP contribution in [-0.4, -0.2) is 16.8 Å². The van der Waals surface area contributed by atoms with Gasteiger partial charge in [-0.25, -0.2) is 4.98 Å². The standard InChI is InChI=1S/C13H19N3O/c1-9(17)10-7-12(14)13(15-8-10)16-11-5-3-2-4-6-11/h7-8,11H,2-6,14H2,1H3,(H,15,16). The van der Waals surface area contributed by atoms with Crippen LogP contribution in [0.25, 0.3) is 0 Å². The van der Waals surface area contributed by atoms with Gasteiger partial charge in [-0.05, 0) is 25.8 Å². The highest BCUT2D eigenvalue weighted by Gasteiger charge is 2.15. The van der Waals surface area contributed by atoms with E-state index in [1.807, 2.05) is 0 Å². The van der Waals surface area contributed by atoms with Gasteiger partial charge in [0.25, 0.3) is 0 Å². The van der Waals surface area contributed by atoms with Gasteiger partial charge in [-0.3, -0.25) is 4.79 Å². The lowest BCUT2D eigenvalue weighted by molar-refractivity contribution is 0.101. The van der Waals surface area contributed by atoms with Gasteiger partial charge in [-0.15, -0.1) is 0 Å². The smallest absolute Gasteiger partial charge is 0.161 e. The van der Waals surface area contributed by atoms with E-state index in [1.165, 1.54) is 39.0 Å². The molecule has 1 aliphatic rings. The van der Waals surface area contributed by atoms with Crippen LogP contribution in [0.2, 0.25) is 0 Å². The maximum atomic E-state index is 11.2. The van der Waals surface area contributed by atoms with Crippen molar-refractivity contribution in [1.29, 1.82) is 0 Å². The largest absolute Gasteiger partial charge is 0.396 e. The number of anilines is 2. The first kappa shape index (κ1) is 11.9. The monoisotopic (exact) mass is 233 g/mol. The third-order valence-corrected chi connectivity index (χ3v) is 3.27. The average molecular weight is 233 g/mol. The van der Waals surface area contributed by atoms with Crippen LogP contribution in [0.1, 0.15) is 49.4 Å². The summed E-state index contributed by atoms with van der Waals surface area (Å²) >= 11 is 0. The second-order valence-corrected chi connectivity index (χ2v) is 4.70. The molecule has 4 nitrogen and oxygen atoms in total. The lowest BCUT2D eigenvalue weighted by Crippen LogP contribution is -2.23. The molecule has 0 saturated heterocycles. The Morgan fingerprint density at radius 3 is 2.71 bits per heavy atom. The second-order valence-electron chi connectivity index (χ2n) is 4.70. The highest BCUT2D eigenvalue weighted by atomic mass is 16.1. The molecule has 0 aromatic carbocycles. The van der Waals surface area contributed by atoms with Crippen LogP contribution in [0.4, 0.5) is 11.5 Å². The van der Waals surface area contributed by atoms with Crippen LogP contribution >= 0.6 is 0 Å². The van der Waals surface area contributed by atoms with E-state index < -0.39 is 0 Å². The van der Waals surface area contributed by atoms with Crippen molar-refractivity contribution in [3.63, 3.8) is 0 Å². The fourth-order valence-corrected chi connectivity index (χ4v) is 2.24. The molecule has 0 unspecified atom stereocenters. The number of aromatic nitrogens is 1. The number of ketones is 1. The molecule has 0 amide bonds. The number of Topliss-reactive ketones (excluding diaryl/α,β-unsaturated/α-hetero) is 1. The summed E-state index contributed by atoms with van der Waals surface area (Å²) in [4.78, 5) is 15.4. The Kier molecular flexibility index (Phi) is 3.61. The molecule has 3 N–H and O–H groups in total. The summed E-state index contributed by atoms with van der Waals surface area (Å²) < 4.78 is 0. The summed E-state index contributed by atoms with van der Waals surface area (Å²) in [5.74, 6) is 0.704. The summed E-state index contributed by atoms with van der Waals surface area (Å²) in [5, 5.41) is 3.37. The topological polar surface area (TPSA) is 68.0 Å². The van der Waals surface area contributed by atoms with Crippen molar-refractivity contribution in [3.05, 3.63) is 17.8 Å². The Morgan fingerprint density at radius 2 is 2.12 bits per heavy atom. The molecule has 1 saturated carbocycles. The molecule has 4 heteroatoms. The Hall–Kier alpha value is -1.58. The summed E-state index contributed by atoms with van der Waals surface area (Å²) in [5.41, 5.74) is 7.02. The Morgan fingerprint density at radius 1 is 1.41 bits per heavy atom. The number of hydrogen-bond acceptors (Lipinski definition) is 4. The molecule has 0 bridgehead atoms. The molecular formula is C13H19N3O. The Balaban J connectivity index is 2.08. The van der Waals surface area contributed by atoms with E-state index in [0.29, 0.717) is 23.1 Å². The summed E-state index contributed by atoms with van der Waals surface area (Å²) in [6.45, 7) is 1.52. The van der Waals surface area contributed by atoms with E-state index in [-0.39, 0.29) is 5.78 Å². The molecule has 0 aliphatic heterocycles. The quantitative estimate of drug-likeness (QED) is 0.787. The second kappa shape index (κ2) is 5.17. The number of nitrogens with zero attached hydrogens (tertiary/aromatic N) is 1. The van der Waals surface area contributed by atoms with Crippen molar-refractivity contribution in [2.24, 2.45) is 0 Å². The predicted octanol–water partition coefficient (Wildman–Crippen LogP) is 2.61. The first-order valence-corrected chi connectivity index (χ1v) is 6.20. The van der Waals surface area contributed by atoms with Gasteiger partial charge in [-0.2, -0.15) is 0 Å². The molecule has 1 aliphatic carbocycles. The van der Waals surface area contributed by atoms with Gasteiger partial charge in [-0.1, -0.05) is 19.3 Å². The minimum absolute atomic E-state index is 0.00610. The van der Waals surface area contributed by atoms with Crippen LogP contribution < -0.4 is 11.1 Å². The van der Waals surface area contributed by atoms with Crippen molar-refractivity contribution < 1.29 is 4.79 Å². The van der Waals surface area contributed by atoms with Crippen molar-refractivity contribution in [3.8, 4) is 0 Å². The summed E-state index contributed by atoms with van der Waals surface area (Å²) in [6.07, 6.45) is 7.80. The number of carbonyl (C=O) groups excluding carboxylic acids is 1. The first-order chi connectivity index (χ1) is 8.16. The highest BCUT2D eigenvalue weighted by Crippen LogP contribution is 2.24. The van der Waals surface area contributed by atoms with Crippen LogP contribution in [0.5, 0.6) is 0 Å². The van der Waals surface area contributed by atoms with E-state index >= 15 is 0 Å². The molecule has 1 aromatic heterocycles. The van der Waals surface area contributed by atoms with Crippen LogP contribution in [0.15, 0.2) is 12.3 Å². The van der Waals surface area contributed by atoms with Gasteiger partial charge in [0, 0.05) is 17.8 Å². The third kappa shape index (κ3) is 2.96. The van der Waals surface area contributed by atoms with Gasteiger partial charge in [0.2, 0.25) is 0 Å². The molecule has 1 fully saturated rings. The van der Waals surface area contributed by atoms with Crippen LogP contribution in [-0.2, 0) is 0 Å². The molecule has 92 valence electrons. The number of pyridine rings is 1. The third-order valence-electron chi connectivity index (χ3n) is 3.27. The molecule has 0 radical (unpaired) electrons. The predicted molar refractivity (Wildman–Crippen MR) is 69.1 cm³/mol. The maximum Gasteiger partial charge on any atom is 0.161 e. The number of hydrogen-bond donors (Lipinski definition) is 2. The SMILES string of the molecule is CC(=O)c1cnc(NC2CCCCC2)c(N)c1. The van der Waals surface area contributed by atoms with E-state index in [0.717, 1.165) is 0 Å². The van der Waals surface area contributed by atoms with Crippen molar-refractivity contribution in [2.45, 2.75) is 45.1 Å². The summed E-state index contributed by atoms with van der Waals surface area (Å²) in [6, 6.07) is 2.17. The number of nitrogens with one attached hydrogen (secondary N) is 1. The Bertz CT molecular complexity index is 411. The van der Waals surface area contributed by atoms with Crippen molar-refractivity contribution in [2.75, 3.05) is 11.1 Å². The van der Waals surface area contributed by atoms with Gasteiger partial charge in [0.05, 0.1) is 5.69 Å². The molecule has 0 spiro atoms. The van der Waals surface area contributed by atoms with E-state index in [2.05, 4.69) is 10.3 Å². The number of nitrogen functional groups attached to an aromatic ring is 1. The molecule has 17 heavy (non-hydrogen) atoms. The van der Waals surface area contributed by atoms with E-state index in [1.54, 1.807) is 12.3 Å². The van der Waals surface area contributed by atoms with Gasteiger partial charge >= 0.3 is 0 Å². The summed E-state index contributed by atoms with van der Waals surface area (Å²) in [7, 11) is 0. The van der Waals surface area contributed by atoms with Crippen molar-refractivity contribution in [1.82, 2.24) is 4.98 Å². The fourth-order valence-electron chi connectivity index (χ4n) is 2.24. The fraction of sp³-hybridized carbons (Fsp3) is 0.538. The lowest BCUT2D eigenvalue weighted by atomic mass is 9.95. The van der Waals surface area contributed by atoms with E-state index in [9.17, 15) is 4.79 Å². The van der Waals surface area contributed by atoms with Crippen molar-refractivity contribution >= 4 is 17.3 Å². The van der Waals surface area contributed by atoms with Crippen LogP contribution in [0.3, 0.4) is 0 Å². The lowest BCUT2D eigenvalue weighted by Gasteiger charge is -2.23. The zero-order valence-corrected chi connectivity index (χ0v) is 10.2. The molecule has 1 aromatic rings. The van der Waals surface area contributed by atoms with Crippen LogP contribution in [0, 0.1) is 0 Å². The molecule has 1 heterocycles. The average Bonchev–Trinajstić information content (AvgIpc) is 2.33.